The van der Waals surface area contributed by atoms with Crippen LogP contribution < -0.4 is 0 Å². The van der Waals surface area contributed by atoms with Crippen LogP contribution >= 0.6 is 15.9 Å². The van der Waals surface area contributed by atoms with E-state index in [1.165, 1.54) is 0 Å². The lowest BCUT2D eigenvalue weighted by Crippen LogP contribution is -2.33. The van der Waals surface area contributed by atoms with Crippen LogP contribution in [0.4, 0.5) is 0 Å². The highest BCUT2D eigenvalue weighted by Crippen LogP contribution is 2.27. The van der Waals surface area contributed by atoms with Gasteiger partial charge in [-0.3, -0.25) is 4.79 Å². The maximum absolute atomic E-state index is 12.2. The number of hydrogen-bond acceptors (Lipinski definition) is 3. The number of amides is 1. The van der Waals surface area contributed by atoms with E-state index in [9.17, 15) is 4.79 Å². The van der Waals surface area contributed by atoms with E-state index < -0.39 is 0 Å². The summed E-state index contributed by atoms with van der Waals surface area (Å²) in [5.41, 5.74) is 1.71. The van der Waals surface area contributed by atoms with Gasteiger partial charge in [-0.05, 0) is 37.6 Å². The predicted octanol–water partition coefficient (Wildman–Crippen LogP) is 2.96. The van der Waals surface area contributed by atoms with Gasteiger partial charge in [-0.15, -0.1) is 0 Å². The number of aryl methyl sites for hydroxylation is 1. The molecule has 19 heavy (non-hydrogen) atoms. The minimum atomic E-state index is -0.191. The summed E-state index contributed by atoms with van der Waals surface area (Å²) < 4.78 is 6.61. The van der Waals surface area contributed by atoms with Crippen molar-refractivity contribution in [2.45, 2.75) is 13.8 Å². The minimum absolute atomic E-state index is 0.0512. The van der Waals surface area contributed by atoms with E-state index in [0.717, 1.165) is 21.0 Å². The van der Waals surface area contributed by atoms with Gasteiger partial charge < -0.3 is 14.4 Å². The summed E-state index contributed by atoms with van der Waals surface area (Å²) in [6, 6.07) is 5.62. The molecule has 0 aliphatic rings. The molecule has 0 bridgehead atoms. The number of aliphatic hydroxyl groups excluding tert-OH is 1. The third-order valence-corrected chi connectivity index (χ3v) is 3.47. The molecule has 0 fully saturated rings. The Bertz CT molecular complexity index is 606. The van der Waals surface area contributed by atoms with Crippen molar-refractivity contribution in [2.24, 2.45) is 0 Å². The number of halogens is 1. The summed E-state index contributed by atoms with van der Waals surface area (Å²) in [6.07, 6.45) is 0. The molecule has 102 valence electrons. The fourth-order valence-electron chi connectivity index (χ4n) is 2.07. The Labute approximate surface area is 120 Å². The Morgan fingerprint density at radius 1 is 1.42 bits per heavy atom. The van der Waals surface area contributed by atoms with Gasteiger partial charge in [0.15, 0.2) is 5.76 Å². The van der Waals surface area contributed by atoms with Gasteiger partial charge >= 0.3 is 0 Å². The van der Waals surface area contributed by atoms with E-state index in [2.05, 4.69) is 15.9 Å². The lowest BCUT2D eigenvalue weighted by atomic mass is 10.2. The smallest absolute Gasteiger partial charge is 0.289 e. The van der Waals surface area contributed by atoms with Crippen LogP contribution in [0, 0.1) is 6.92 Å². The molecule has 1 aromatic carbocycles. The summed E-state index contributed by atoms with van der Waals surface area (Å²) in [5.74, 6) is 0.120. The number of carbonyl (C=O) groups excluding carboxylic acids is 1. The fraction of sp³-hybridized carbons (Fsp3) is 0.357. The van der Waals surface area contributed by atoms with Crippen molar-refractivity contribution in [1.29, 1.82) is 0 Å². The van der Waals surface area contributed by atoms with Gasteiger partial charge in [0.05, 0.1) is 6.61 Å². The van der Waals surface area contributed by atoms with Gasteiger partial charge in [-0.2, -0.15) is 0 Å². The van der Waals surface area contributed by atoms with E-state index in [-0.39, 0.29) is 12.5 Å². The standard InChI is InChI=1S/C14H16BrNO3/c1-3-16(4-5-17)14(18)12-8-10-7-11(15)6-9(2)13(10)19-12/h6-8,17H,3-5H2,1-2H3. The highest BCUT2D eigenvalue weighted by molar-refractivity contribution is 9.10. The lowest BCUT2D eigenvalue weighted by molar-refractivity contribution is 0.0702. The van der Waals surface area contributed by atoms with Crippen molar-refractivity contribution >= 4 is 32.8 Å². The number of furan rings is 1. The Balaban J connectivity index is 2.40. The first kappa shape index (κ1) is 14.1. The molecule has 0 atom stereocenters. The molecule has 0 aliphatic carbocycles. The maximum atomic E-state index is 12.2. The van der Waals surface area contributed by atoms with Gasteiger partial charge in [0.25, 0.3) is 5.91 Å². The van der Waals surface area contributed by atoms with E-state index >= 15 is 0 Å². The Kier molecular flexibility index (Phi) is 4.27. The third kappa shape index (κ3) is 2.82. The second-order valence-electron chi connectivity index (χ2n) is 4.36. The van der Waals surface area contributed by atoms with Crippen molar-refractivity contribution in [3.05, 3.63) is 34.0 Å². The first-order chi connectivity index (χ1) is 9.06. The summed E-state index contributed by atoms with van der Waals surface area (Å²) >= 11 is 3.43. The van der Waals surface area contributed by atoms with Crippen LogP contribution in [-0.4, -0.2) is 35.6 Å². The number of hydrogen-bond donors (Lipinski definition) is 1. The number of rotatable bonds is 4. The molecule has 2 rings (SSSR count). The van der Waals surface area contributed by atoms with Crippen LogP contribution in [0.5, 0.6) is 0 Å². The summed E-state index contributed by atoms with van der Waals surface area (Å²) in [7, 11) is 0. The molecule has 0 spiro atoms. The van der Waals surface area contributed by atoms with E-state index in [0.29, 0.717) is 18.8 Å². The zero-order valence-electron chi connectivity index (χ0n) is 10.9. The molecule has 0 aliphatic heterocycles. The van der Waals surface area contributed by atoms with Gasteiger partial charge in [0.2, 0.25) is 0 Å². The summed E-state index contributed by atoms with van der Waals surface area (Å²) in [6.45, 7) is 4.62. The van der Waals surface area contributed by atoms with Gasteiger partial charge in [0.1, 0.15) is 5.58 Å². The largest absolute Gasteiger partial charge is 0.451 e. The lowest BCUT2D eigenvalue weighted by Gasteiger charge is -2.17. The van der Waals surface area contributed by atoms with Crippen LogP contribution in [0.2, 0.25) is 0 Å². The average molecular weight is 326 g/mol. The molecular weight excluding hydrogens is 310 g/mol. The molecule has 0 unspecified atom stereocenters. The topological polar surface area (TPSA) is 53.7 Å². The van der Waals surface area contributed by atoms with Gasteiger partial charge in [-0.1, -0.05) is 15.9 Å². The highest BCUT2D eigenvalue weighted by Gasteiger charge is 2.19. The molecule has 0 saturated heterocycles. The second kappa shape index (κ2) is 5.75. The van der Waals surface area contributed by atoms with E-state index in [4.69, 9.17) is 9.52 Å². The summed E-state index contributed by atoms with van der Waals surface area (Å²) in [5, 5.41) is 9.85. The number of aliphatic hydroxyl groups is 1. The maximum Gasteiger partial charge on any atom is 0.289 e. The Morgan fingerprint density at radius 3 is 2.79 bits per heavy atom. The van der Waals surface area contributed by atoms with Crippen molar-refractivity contribution < 1.29 is 14.3 Å². The first-order valence-electron chi connectivity index (χ1n) is 6.16. The van der Waals surface area contributed by atoms with Crippen LogP contribution in [0.15, 0.2) is 27.1 Å². The normalized spacial score (nSPS) is 10.9. The van der Waals surface area contributed by atoms with E-state index in [1.54, 1.807) is 11.0 Å². The molecule has 0 radical (unpaired) electrons. The van der Waals surface area contributed by atoms with E-state index in [1.807, 2.05) is 26.0 Å². The fourth-order valence-corrected chi connectivity index (χ4v) is 2.66. The van der Waals surface area contributed by atoms with Gasteiger partial charge in [-0.25, -0.2) is 0 Å². The monoisotopic (exact) mass is 325 g/mol. The molecule has 1 N–H and O–H groups in total. The highest BCUT2D eigenvalue weighted by atomic mass is 79.9. The minimum Gasteiger partial charge on any atom is -0.451 e. The van der Waals surface area contributed by atoms with Crippen molar-refractivity contribution in [1.82, 2.24) is 4.90 Å². The van der Waals surface area contributed by atoms with Crippen molar-refractivity contribution in [3.63, 3.8) is 0 Å². The molecular formula is C14H16BrNO3. The molecule has 2 aromatic rings. The van der Waals surface area contributed by atoms with Crippen molar-refractivity contribution in [2.75, 3.05) is 19.7 Å². The van der Waals surface area contributed by atoms with Crippen LogP contribution in [-0.2, 0) is 0 Å². The zero-order valence-corrected chi connectivity index (χ0v) is 12.5. The number of fused-ring (bicyclic) bond motifs is 1. The van der Waals surface area contributed by atoms with Crippen molar-refractivity contribution in [3.8, 4) is 0 Å². The molecule has 1 aromatic heterocycles. The molecule has 4 nitrogen and oxygen atoms in total. The Morgan fingerprint density at radius 2 is 2.16 bits per heavy atom. The van der Waals surface area contributed by atoms with Crippen LogP contribution in [0.3, 0.4) is 0 Å². The Hall–Kier alpha value is -1.33. The molecule has 5 heteroatoms. The molecule has 1 amide bonds. The van der Waals surface area contributed by atoms with Gasteiger partial charge in [0, 0.05) is 22.9 Å². The molecule has 0 saturated carbocycles. The second-order valence-corrected chi connectivity index (χ2v) is 5.28. The first-order valence-corrected chi connectivity index (χ1v) is 6.96. The molecule has 1 heterocycles. The zero-order chi connectivity index (χ0) is 14.0. The van der Waals surface area contributed by atoms with Crippen LogP contribution in [0.25, 0.3) is 11.0 Å². The number of carbonyl (C=O) groups is 1. The summed E-state index contributed by atoms with van der Waals surface area (Å²) in [4.78, 5) is 13.8. The number of benzene rings is 1. The van der Waals surface area contributed by atoms with Crippen LogP contribution in [0.1, 0.15) is 23.0 Å². The SMILES string of the molecule is CCN(CCO)C(=O)c1cc2cc(Br)cc(C)c2o1. The predicted molar refractivity (Wildman–Crippen MR) is 77.3 cm³/mol. The number of likely N-dealkylation sites (N-methyl/N-ethyl adjacent to an activating group) is 1. The quantitative estimate of drug-likeness (QED) is 0.940. The number of nitrogens with zero attached hydrogens (tertiary/aromatic N) is 1. The average Bonchev–Trinajstić information content (AvgIpc) is 2.79. The third-order valence-electron chi connectivity index (χ3n) is 3.02.